The van der Waals surface area contributed by atoms with Crippen molar-refractivity contribution in [2.45, 2.75) is 30.2 Å². The lowest BCUT2D eigenvalue weighted by Crippen LogP contribution is -2.25. The minimum absolute atomic E-state index is 0.0173. The summed E-state index contributed by atoms with van der Waals surface area (Å²) in [5.41, 5.74) is 1.99. The van der Waals surface area contributed by atoms with Gasteiger partial charge in [0.1, 0.15) is 5.82 Å². The van der Waals surface area contributed by atoms with E-state index in [0.717, 1.165) is 23.1 Å². The second kappa shape index (κ2) is 8.67. The lowest BCUT2D eigenvalue weighted by molar-refractivity contribution is -0.115. The van der Waals surface area contributed by atoms with E-state index in [1.54, 1.807) is 0 Å². The quantitative estimate of drug-likeness (QED) is 0.644. The fourth-order valence-corrected chi connectivity index (χ4v) is 3.51. The highest BCUT2D eigenvalue weighted by Crippen LogP contribution is 2.25. The van der Waals surface area contributed by atoms with Crippen LogP contribution in [0.1, 0.15) is 24.7 Å². The summed E-state index contributed by atoms with van der Waals surface area (Å²) in [6.07, 6.45) is 1.43. The van der Waals surface area contributed by atoms with E-state index in [1.165, 1.54) is 17.3 Å². The van der Waals surface area contributed by atoms with Crippen molar-refractivity contribution >= 4 is 23.4 Å². The van der Waals surface area contributed by atoms with Gasteiger partial charge in [-0.2, -0.15) is 0 Å². The van der Waals surface area contributed by atoms with Crippen LogP contribution < -0.4 is 5.32 Å². The molecule has 1 N–H and O–H groups in total. The van der Waals surface area contributed by atoms with Crippen LogP contribution in [0.2, 0.25) is 0 Å². The maximum absolute atomic E-state index is 12.6. The highest BCUT2D eigenvalue weighted by molar-refractivity contribution is 8.00. The molecule has 0 bridgehead atoms. The molecule has 0 aliphatic carbocycles. The first-order valence-electron chi connectivity index (χ1n) is 8.62. The van der Waals surface area contributed by atoms with Gasteiger partial charge in [-0.3, -0.25) is 4.79 Å². The van der Waals surface area contributed by atoms with Gasteiger partial charge in [0.2, 0.25) is 5.91 Å². The molecule has 2 aromatic carbocycles. The van der Waals surface area contributed by atoms with Crippen molar-refractivity contribution in [2.24, 2.45) is 7.05 Å². The molecule has 5 nitrogen and oxygen atoms in total. The molecule has 0 spiro atoms. The number of amides is 1. The van der Waals surface area contributed by atoms with Crippen LogP contribution >= 0.6 is 11.8 Å². The van der Waals surface area contributed by atoms with E-state index in [4.69, 9.17) is 0 Å². The average molecular weight is 366 g/mol. The van der Waals surface area contributed by atoms with Gasteiger partial charge in [-0.25, -0.2) is 0 Å². The standard InChI is InChI=1S/C20H22N4OS/c1-3-17(19(25)21-16-12-8-5-9-13-16)26-20-23-22-18(24(20)2)14-15-10-6-4-7-11-15/h4-13,17H,3,14H2,1-2H3,(H,21,25)/t17-/m0/s1. The molecule has 26 heavy (non-hydrogen) atoms. The minimum atomic E-state index is -0.220. The first-order valence-corrected chi connectivity index (χ1v) is 9.50. The Labute approximate surface area is 157 Å². The number of aromatic nitrogens is 3. The average Bonchev–Trinajstić information content (AvgIpc) is 3.01. The number of rotatable bonds is 7. The molecule has 0 aliphatic rings. The van der Waals surface area contributed by atoms with Gasteiger partial charge in [0.05, 0.1) is 5.25 Å². The number of hydrogen-bond donors (Lipinski definition) is 1. The summed E-state index contributed by atoms with van der Waals surface area (Å²) in [6.45, 7) is 2.00. The van der Waals surface area contributed by atoms with E-state index < -0.39 is 0 Å². The van der Waals surface area contributed by atoms with Crippen molar-refractivity contribution in [1.82, 2.24) is 14.8 Å². The largest absolute Gasteiger partial charge is 0.325 e. The van der Waals surface area contributed by atoms with Crippen LogP contribution in [0.3, 0.4) is 0 Å². The first-order chi connectivity index (χ1) is 12.7. The summed E-state index contributed by atoms with van der Waals surface area (Å²) in [5.74, 6) is 0.869. The summed E-state index contributed by atoms with van der Waals surface area (Å²) in [4.78, 5) is 12.6. The molecule has 134 valence electrons. The van der Waals surface area contributed by atoms with Crippen LogP contribution in [-0.2, 0) is 18.3 Å². The van der Waals surface area contributed by atoms with Crippen LogP contribution in [0, 0.1) is 0 Å². The molecule has 6 heteroatoms. The molecule has 0 saturated heterocycles. The molecule has 1 heterocycles. The van der Waals surface area contributed by atoms with Crippen molar-refractivity contribution in [3.05, 3.63) is 72.1 Å². The number of para-hydroxylation sites is 1. The zero-order valence-corrected chi connectivity index (χ0v) is 15.7. The van der Waals surface area contributed by atoms with Crippen LogP contribution in [0.4, 0.5) is 5.69 Å². The molecule has 1 atom stereocenters. The summed E-state index contributed by atoms with van der Waals surface area (Å²) in [5, 5.41) is 12.1. The third-order valence-electron chi connectivity index (χ3n) is 4.08. The van der Waals surface area contributed by atoms with Crippen LogP contribution in [0.25, 0.3) is 0 Å². The molecule has 0 radical (unpaired) electrons. The highest BCUT2D eigenvalue weighted by Gasteiger charge is 2.21. The first kappa shape index (κ1) is 18.2. The summed E-state index contributed by atoms with van der Waals surface area (Å²) in [7, 11) is 1.95. The summed E-state index contributed by atoms with van der Waals surface area (Å²) < 4.78 is 1.97. The van der Waals surface area contributed by atoms with Crippen molar-refractivity contribution in [1.29, 1.82) is 0 Å². The summed E-state index contributed by atoms with van der Waals surface area (Å²) in [6, 6.07) is 19.7. The van der Waals surface area contributed by atoms with E-state index in [9.17, 15) is 4.79 Å². The second-order valence-electron chi connectivity index (χ2n) is 5.99. The Kier molecular flexibility index (Phi) is 6.07. The monoisotopic (exact) mass is 366 g/mol. The zero-order chi connectivity index (χ0) is 18.4. The lowest BCUT2D eigenvalue weighted by atomic mass is 10.1. The van der Waals surface area contributed by atoms with Crippen molar-refractivity contribution in [2.75, 3.05) is 5.32 Å². The van der Waals surface area contributed by atoms with Gasteiger partial charge in [-0.15, -0.1) is 10.2 Å². The van der Waals surface area contributed by atoms with Gasteiger partial charge in [-0.1, -0.05) is 67.2 Å². The molecule has 0 aliphatic heterocycles. The molecule has 0 unspecified atom stereocenters. The van der Waals surface area contributed by atoms with E-state index in [0.29, 0.717) is 6.42 Å². The van der Waals surface area contributed by atoms with Crippen LogP contribution in [-0.4, -0.2) is 25.9 Å². The van der Waals surface area contributed by atoms with E-state index in [-0.39, 0.29) is 11.2 Å². The molecule has 3 rings (SSSR count). The molecular weight excluding hydrogens is 344 g/mol. The van der Waals surface area contributed by atoms with E-state index >= 15 is 0 Å². The van der Waals surface area contributed by atoms with Crippen LogP contribution in [0.5, 0.6) is 0 Å². The Morgan fingerprint density at radius 2 is 1.73 bits per heavy atom. The van der Waals surface area contributed by atoms with Crippen molar-refractivity contribution in [3.63, 3.8) is 0 Å². The predicted octanol–water partition coefficient (Wildman–Crippen LogP) is 3.92. The molecule has 1 aromatic heterocycles. The lowest BCUT2D eigenvalue weighted by Gasteiger charge is -2.14. The normalized spacial score (nSPS) is 11.9. The number of carbonyl (C=O) groups excluding carboxylic acids is 1. The Morgan fingerprint density at radius 1 is 1.08 bits per heavy atom. The topological polar surface area (TPSA) is 59.8 Å². The third kappa shape index (κ3) is 4.52. The van der Waals surface area contributed by atoms with Gasteiger partial charge < -0.3 is 9.88 Å². The van der Waals surface area contributed by atoms with Gasteiger partial charge in [0, 0.05) is 19.2 Å². The Bertz CT molecular complexity index is 849. The zero-order valence-electron chi connectivity index (χ0n) is 14.9. The SMILES string of the molecule is CC[C@H](Sc1nnc(Cc2ccccc2)n1C)C(=O)Nc1ccccc1. The molecule has 0 saturated carbocycles. The molecule has 1 amide bonds. The smallest absolute Gasteiger partial charge is 0.237 e. The number of thioether (sulfide) groups is 1. The molecule has 3 aromatic rings. The maximum atomic E-state index is 12.6. The summed E-state index contributed by atoms with van der Waals surface area (Å²) >= 11 is 1.45. The Hall–Kier alpha value is -2.60. The predicted molar refractivity (Wildman–Crippen MR) is 105 cm³/mol. The fourth-order valence-electron chi connectivity index (χ4n) is 2.57. The van der Waals surface area contributed by atoms with Gasteiger partial charge >= 0.3 is 0 Å². The number of hydrogen-bond acceptors (Lipinski definition) is 4. The number of nitrogens with one attached hydrogen (secondary N) is 1. The third-order valence-corrected chi connectivity index (χ3v) is 5.48. The van der Waals surface area contributed by atoms with Crippen LogP contribution in [0.15, 0.2) is 65.8 Å². The molecule has 0 fully saturated rings. The van der Waals surface area contributed by atoms with Crippen molar-refractivity contribution in [3.8, 4) is 0 Å². The minimum Gasteiger partial charge on any atom is -0.325 e. The van der Waals surface area contributed by atoms with Crippen molar-refractivity contribution < 1.29 is 4.79 Å². The van der Waals surface area contributed by atoms with E-state index in [2.05, 4.69) is 27.6 Å². The fraction of sp³-hybridized carbons (Fsp3) is 0.250. The van der Waals surface area contributed by atoms with Gasteiger partial charge in [-0.05, 0) is 24.1 Å². The second-order valence-corrected chi connectivity index (χ2v) is 7.16. The van der Waals surface area contributed by atoms with Gasteiger partial charge in [0.15, 0.2) is 5.16 Å². The Balaban J connectivity index is 1.68. The van der Waals surface area contributed by atoms with E-state index in [1.807, 2.05) is 67.1 Å². The number of anilines is 1. The highest BCUT2D eigenvalue weighted by atomic mass is 32.2. The Morgan fingerprint density at radius 3 is 2.38 bits per heavy atom. The van der Waals surface area contributed by atoms with Gasteiger partial charge in [0.25, 0.3) is 0 Å². The number of carbonyl (C=O) groups is 1. The maximum Gasteiger partial charge on any atom is 0.237 e. The molecular formula is C20H22N4OS. The number of nitrogens with zero attached hydrogens (tertiary/aromatic N) is 3. The number of benzene rings is 2.